The fourth-order valence-corrected chi connectivity index (χ4v) is 3.34. The predicted molar refractivity (Wildman–Crippen MR) is 80.7 cm³/mol. The lowest BCUT2D eigenvalue weighted by atomic mass is 10.1. The molecule has 0 spiro atoms. The van der Waals surface area contributed by atoms with E-state index < -0.39 is 0 Å². The maximum absolute atomic E-state index is 6.30. The van der Waals surface area contributed by atoms with Crippen LogP contribution in [-0.2, 0) is 20.1 Å². The average Bonchev–Trinajstić information content (AvgIpc) is 2.94. The molecule has 106 valence electrons. The maximum atomic E-state index is 6.30. The number of imidazole rings is 1. The van der Waals surface area contributed by atoms with Gasteiger partial charge in [-0.1, -0.05) is 23.2 Å². The quantitative estimate of drug-likeness (QED) is 0.948. The third kappa shape index (κ3) is 2.33. The lowest BCUT2D eigenvalue weighted by Gasteiger charge is -2.23. The van der Waals surface area contributed by atoms with Crippen LogP contribution in [-0.4, -0.2) is 21.0 Å². The molecule has 1 aliphatic rings. The first-order chi connectivity index (χ1) is 9.60. The molecule has 1 aromatic carbocycles. The summed E-state index contributed by atoms with van der Waals surface area (Å²) in [5, 5.41) is 1.37. The van der Waals surface area contributed by atoms with Crippen molar-refractivity contribution in [2.45, 2.75) is 19.1 Å². The van der Waals surface area contributed by atoms with E-state index in [4.69, 9.17) is 28.9 Å². The lowest BCUT2D eigenvalue weighted by Crippen LogP contribution is -2.28. The zero-order valence-corrected chi connectivity index (χ0v) is 12.7. The van der Waals surface area contributed by atoms with Crippen molar-refractivity contribution in [3.05, 3.63) is 51.5 Å². The van der Waals surface area contributed by atoms with Gasteiger partial charge in [-0.15, -0.1) is 0 Å². The molecule has 0 saturated heterocycles. The van der Waals surface area contributed by atoms with Gasteiger partial charge in [-0.25, -0.2) is 4.98 Å². The highest BCUT2D eigenvalue weighted by molar-refractivity contribution is 6.35. The molecular formula is C14H16Cl2N4. The third-order valence-corrected chi connectivity index (χ3v) is 4.40. The number of hydrogen-bond acceptors (Lipinski definition) is 3. The van der Waals surface area contributed by atoms with E-state index in [0.717, 1.165) is 30.0 Å². The molecule has 0 radical (unpaired) electrons. The fraction of sp³-hybridized carbons (Fsp3) is 0.357. The Balaban J connectivity index is 1.92. The average molecular weight is 311 g/mol. The van der Waals surface area contributed by atoms with Crippen LogP contribution < -0.4 is 5.73 Å². The molecule has 0 saturated carbocycles. The molecule has 3 rings (SSSR count). The van der Waals surface area contributed by atoms with Crippen LogP contribution >= 0.6 is 23.2 Å². The van der Waals surface area contributed by atoms with Gasteiger partial charge in [0, 0.05) is 48.6 Å². The number of halogens is 2. The highest BCUT2D eigenvalue weighted by Crippen LogP contribution is 2.39. The molecule has 0 aliphatic carbocycles. The summed E-state index contributed by atoms with van der Waals surface area (Å²) < 4.78 is 2.02. The zero-order valence-electron chi connectivity index (χ0n) is 11.2. The molecule has 6 heteroatoms. The number of hydrogen-bond donors (Lipinski definition) is 1. The Hall–Kier alpha value is -1.07. The predicted octanol–water partition coefficient (Wildman–Crippen LogP) is 2.74. The summed E-state index contributed by atoms with van der Waals surface area (Å²) in [6, 6.07) is 3.90. The largest absolute Gasteiger partial charge is 0.337 e. The first-order valence-corrected chi connectivity index (χ1v) is 7.24. The van der Waals surface area contributed by atoms with E-state index in [1.54, 1.807) is 12.3 Å². The molecule has 0 bridgehead atoms. The van der Waals surface area contributed by atoms with Crippen molar-refractivity contribution in [2.24, 2.45) is 12.8 Å². The summed E-state index contributed by atoms with van der Waals surface area (Å²) in [5.74, 6) is 1.01. The molecular weight excluding hydrogens is 295 g/mol. The Labute approximate surface area is 128 Å². The van der Waals surface area contributed by atoms with Crippen LogP contribution in [0.3, 0.4) is 0 Å². The van der Waals surface area contributed by atoms with Gasteiger partial charge in [0.25, 0.3) is 0 Å². The normalized spacial score (nSPS) is 18.5. The van der Waals surface area contributed by atoms with Crippen molar-refractivity contribution in [3.63, 3.8) is 0 Å². The molecule has 1 atom stereocenters. The Bertz CT molecular complexity index is 638. The van der Waals surface area contributed by atoms with E-state index in [-0.39, 0.29) is 6.04 Å². The summed E-state index contributed by atoms with van der Waals surface area (Å²) >= 11 is 12.4. The molecule has 0 amide bonds. The topological polar surface area (TPSA) is 47.1 Å². The molecule has 2 heterocycles. The summed E-state index contributed by atoms with van der Waals surface area (Å²) in [7, 11) is 1.99. The van der Waals surface area contributed by atoms with E-state index in [1.165, 1.54) is 0 Å². The number of benzene rings is 1. The smallest absolute Gasteiger partial charge is 0.122 e. The Morgan fingerprint density at radius 1 is 1.40 bits per heavy atom. The van der Waals surface area contributed by atoms with Gasteiger partial charge in [-0.2, -0.15) is 0 Å². The van der Waals surface area contributed by atoms with E-state index in [0.29, 0.717) is 16.6 Å². The number of nitrogens with two attached hydrogens (primary N) is 1. The van der Waals surface area contributed by atoms with E-state index in [9.17, 15) is 0 Å². The summed E-state index contributed by atoms with van der Waals surface area (Å²) in [6.07, 6.45) is 3.75. The standard InChI is InChI=1S/C14H16Cl2N4/c1-19-3-2-18-14(19)8-20-7-11-10(13(20)6-17)4-9(15)5-12(11)16/h2-5,13H,6-8,17H2,1H3. The number of fused-ring (bicyclic) bond motifs is 1. The maximum Gasteiger partial charge on any atom is 0.122 e. The molecule has 0 fully saturated rings. The van der Waals surface area contributed by atoms with E-state index >= 15 is 0 Å². The first-order valence-electron chi connectivity index (χ1n) is 6.48. The lowest BCUT2D eigenvalue weighted by molar-refractivity contribution is 0.203. The first kappa shape index (κ1) is 13.9. The summed E-state index contributed by atoms with van der Waals surface area (Å²) in [5.41, 5.74) is 8.21. The molecule has 20 heavy (non-hydrogen) atoms. The molecule has 1 aromatic heterocycles. The second-order valence-corrected chi connectivity index (χ2v) is 5.91. The van der Waals surface area contributed by atoms with Crippen LogP contribution in [0.25, 0.3) is 0 Å². The minimum atomic E-state index is 0.137. The number of aryl methyl sites for hydroxylation is 1. The van der Waals surface area contributed by atoms with Gasteiger partial charge in [0.15, 0.2) is 0 Å². The van der Waals surface area contributed by atoms with Crippen LogP contribution in [0.5, 0.6) is 0 Å². The number of nitrogens with zero attached hydrogens (tertiary/aromatic N) is 3. The van der Waals surface area contributed by atoms with Crippen molar-refractivity contribution >= 4 is 23.2 Å². The number of rotatable bonds is 3. The van der Waals surface area contributed by atoms with Gasteiger partial charge >= 0.3 is 0 Å². The monoisotopic (exact) mass is 310 g/mol. The van der Waals surface area contributed by atoms with Gasteiger partial charge in [0.1, 0.15) is 5.82 Å². The van der Waals surface area contributed by atoms with Gasteiger partial charge in [0.05, 0.1) is 6.54 Å². The zero-order chi connectivity index (χ0) is 14.3. The van der Waals surface area contributed by atoms with Crippen LogP contribution in [0.1, 0.15) is 23.0 Å². The highest BCUT2D eigenvalue weighted by atomic mass is 35.5. The van der Waals surface area contributed by atoms with Gasteiger partial charge in [0.2, 0.25) is 0 Å². The van der Waals surface area contributed by atoms with E-state index in [1.807, 2.05) is 23.9 Å². The van der Waals surface area contributed by atoms with Crippen molar-refractivity contribution in [2.75, 3.05) is 6.54 Å². The summed E-state index contributed by atoms with van der Waals surface area (Å²) in [4.78, 5) is 6.66. The van der Waals surface area contributed by atoms with Gasteiger partial charge < -0.3 is 10.3 Å². The molecule has 4 nitrogen and oxygen atoms in total. The molecule has 2 aromatic rings. The minimum Gasteiger partial charge on any atom is -0.337 e. The highest BCUT2D eigenvalue weighted by Gasteiger charge is 2.31. The van der Waals surface area contributed by atoms with Crippen molar-refractivity contribution < 1.29 is 0 Å². The Morgan fingerprint density at radius 3 is 2.85 bits per heavy atom. The second-order valence-electron chi connectivity index (χ2n) is 5.07. The minimum absolute atomic E-state index is 0.137. The second kappa shape index (κ2) is 5.37. The Kier molecular flexibility index (Phi) is 3.73. The number of aromatic nitrogens is 2. The van der Waals surface area contributed by atoms with Crippen LogP contribution in [0.4, 0.5) is 0 Å². The van der Waals surface area contributed by atoms with Crippen molar-refractivity contribution in [1.29, 1.82) is 0 Å². The molecule has 1 aliphatic heterocycles. The Morgan fingerprint density at radius 2 is 2.20 bits per heavy atom. The van der Waals surface area contributed by atoms with Gasteiger partial charge in [-0.3, -0.25) is 4.90 Å². The third-order valence-electron chi connectivity index (χ3n) is 3.84. The van der Waals surface area contributed by atoms with E-state index in [2.05, 4.69) is 9.88 Å². The van der Waals surface area contributed by atoms with Crippen molar-refractivity contribution in [1.82, 2.24) is 14.5 Å². The van der Waals surface area contributed by atoms with Crippen LogP contribution in [0.15, 0.2) is 24.5 Å². The van der Waals surface area contributed by atoms with Crippen molar-refractivity contribution in [3.8, 4) is 0 Å². The SMILES string of the molecule is Cn1ccnc1CN1Cc2c(Cl)cc(Cl)cc2C1CN. The van der Waals surface area contributed by atoms with Crippen LogP contribution in [0.2, 0.25) is 10.0 Å². The van der Waals surface area contributed by atoms with Gasteiger partial charge in [-0.05, 0) is 23.3 Å². The molecule has 1 unspecified atom stereocenters. The molecule has 2 N–H and O–H groups in total. The fourth-order valence-electron chi connectivity index (χ4n) is 2.77. The summed E-state index contributed by atoms with van der Waals surface area (Å²) in [6.45, 7) is 2.06. The van der Waals surface area contributed by atoms with Crippen LogP contribution in [0, 0.1) is 0 Å².